The van der Waals surface area contributed by atoms with Crippen molar-refractivity contribution in [2.75, 3.05) is 26.7 Å². The summed E-state index contributed by atoms with van der Waals surface area (Å²) in [6.45, 7) is 3.26. The highest BCUT2D eigenvalue weighted by Gasteiger charge is 2.27. The van der Waals surface area contributed by atoms with E-state index in [1.54, 1.807) is 19.6 Å². The molecule has 8 heteroatoms. The van der Waals surface area contributed by atoms with Crippen molar-refractivity contribution in [3.63, 3.8) is 0 Å². The number of hydrogen-bond donors (Lipinski definition) is 1. The second-order valence-electron chi connectivity index (χ2n) is 5.96. The molecule has 0 amide bonds. The molecule has 2 aromatic heterocycles. The van der Waals surface area contributed by atoms with Crippen molar-refractivity contribution in [1.82, 2.24) is 20.4 Å². The Morgan fingerprint density at radius 2 is 2.19 bits per heavy atom. The summed E-state index contributed by atoms with van der Waals surface area (Å²) in [5.74, 6) is 2.04. The van der Waals surface area contributed by atoms with E-state index in [0.717, 1.165) is 36.5 Å². The lowest BCUT2D eigenvalue weighted by atomic mass is 10.0. The van der Waals surface area contributed by atoms with Gasteiger partial charge in [-0.2, -0.15) is 4.98 Å². The monoisotopic (exact) mass is 376 g/mol. The van der Waals surface area contributed by atoms with Crippen LogP contribution in [0, 0.1) is 0 Å². The summed E-state index contributed by atoms with van der Waals surface area (Å²) in [5, 5.41) is 7.49. The highest BCUT2D eigenvalue weighted by Crippen LogP contribution is 2.31. The number of furan rings is 1. The molecule has 1 aliphatic heterocycles. The first-order chi connectivity index (χ1) is 12.3. The number of rotatable bonds is 5. The van der Waals surface area contributed by atoms with Gasteiger partial charge in [-0.05, 0) is 12.1 Å². The smallest absolute Gasteiger partial charge is 0.241 e. The van der Waals surface area contributed by atoms with Crippen LogP contribution in [0.25, 0.3) is 11.4 Å². The molecule has 138 valence electrons. The van der Waals surface area contributed by atoms with Crippen LogP contribution in [0.2, 0.25) is 0 Å². The van der Waals surface area contributed by atoms with Crippen molar-refractivity contribution < 1.29 is 13.7 Å². The van der Waals surface area contributed by atoms with Crippen LogP contribution in [0.15, 0.2) is 51.8 Å². The number of hydrogen-bond acceptors (Lipinski definition) is 7. The van der Waals surface area contributed by atoms with E-state index in [-0.39, 0.29) is 18.4 Å². The van der Waals surface area contributed by atoms with E-state index < -0.39 is 0 Å². The first-order valence-corrected chi connectivity index (χ1v) is 8.28. The van der Waals surface area contributed by atoms with Gasteiger partial charge < -0.3 is 19.0 Å². The summed E-state index contributed by atoms with van der Waals surface area (Å²) in [5.41, 5.74) is 1.98. The topological polar surface area (TPSA) is 76.6 Å². The summed E-state index contributed by atoms with van der Waals surface area (Å²) in [7, 11) is 1.70. The van der Waals surface area contributed by atoms with Gasteiger partial charge in [0.1, 0.15) is 12.0 Å². The largest absolute Gasteiger partial charge is 0.496 e. The molecule has 1 aromatic carbocycles. The summed E-state index contributed by atoms with van der Waals surface area (Å²) in [4.78, 5) is 6.82. The van der Waals surface area contributed by atoms with E-state index in [1.807, 2.05) is 24.3 Å². The first-order valence-electron chi connectivity index (χ1n) is 8.28. The standard InChI is InChI=1S/C18H20N4O3.ClH/c1-23-16-5-3-2-4-14(16)15-10-19-7-8-22(15)11-17-20-18(21-25-17)13-6-9-24-12-13;/h2-6,9,12,15,19H,7-8,10-11H2,1H3;1H. The molecular formula is C18H21ClN4O3. The minimum Gasteiger partial charge on any atom is -0.496 e. The second-order valence-corrected chi connectivity index (χ2v) is 5.96. The number of ether oxygens (including phenoxy) is 1. The Kier molecular flexibility index (Phi) is 5.92. The number of benzene rings is 1. The highest BCUT2D eigenvalue weighted by molar-refractivity contribution is 5.85. The van der Waals surface area contributed by atoms with Crippen LogP contribution in [0.5, 0.6) is 5.75 Å². The lowest BCUT2D eigenvalue weighted by Gasteiger charge is -2.36. The Hall–Kier alpha value is -2.35. The summed E-state index contributed by atoms with van der Waals surface area (Å²) in [6, 6.07) is 10.1. The zero-order valence-electron chi connectivity index (χ0n) is 14.4. The van der Waals surface area contributed by atoms with Crippen LogP contribution < -0.4 is 10.1 Å². The first kappa shape index (κ1) is 18.4. The minimum atomic E-state index is 0. The van der Waals surface area contributed by atoms with Crippen molar-refractivity contribution in [1.29, 1.82) is 0 Å². The third-order valence-corrected chi connectivity index (χ3v) is 4.44. The van der Waals surface area contributed by atoms with Crippen LogP contribution >= 0.6 is 12.4 Å². The van der Waals surface area contributed by atoms with Gasteiger partial charge in [-0.1, -0.05) is 23.4 Å². The van der Waals surface area contributed by atoms with Gasteiger partial charge in [-0.3, -0.25) is 4.90 Å². The van der Waals surface area contributed by atoms with Crippen molar-refractivity contribution in [3.05, 3.63) is 54.3 Å². The molecule has 1 atom stereocenters. The maximum Gasteiger partial charge on any atom is 0.241 e. The SMILES string of the molecule is COc1ccccc1C1CNCCN1Cc1nc(-c2ccoc2)no1.Cl. The average Bonchev–Trinajstić information content (AvgIpc) is 3.34. The van der Waals surface area contributed by atoms with E-state index in [1.165, 1.54) is 0 Å². The predicted octanol–water partition coefficient (Wildman–Crippen LogP) is 2.91. The Bertz CT molecular complexity index is 821. The average molecular weight is 377 g/mol. The number of para-hydroxylation sites is 1. The molecule has 0 radical (unpaired) electrons. The van der Waals surface area contributed by atoms with Gasteiger partial charge in [0, 0.05) is 25.2 Å². The van der Waals surface area contributed by atoms with Crippen LogP contribution in [-0.4, -0.2) is 41.8 Å². The highest BCUT2D eigenvalue weighted by atomic mass is 35.5. The predicted molar refractivity (Wildman–Crippen MR) is 98.3 cm³/mol. The van der Waals surface area contributed by atoms with Crippen LogP contribution in [0.1, 0.15) is 17.5 Å². The number of halogens is 1. The maximum atomic E-state index is 5.53. The fraction of sp³-hybridized carbons (Fsp3) is 0.333. The molecule has 1 fully saturated rings. The second kappa shape index (κ2) is 8.35. The van der Waals surface area contributed by atoms with E-state index in [0.29, 0.717) is 18.3 Å². The third kappa shape index (κ3) is 3.75. The fourth-order valence-corrected chi connectivity index (χ4v) is 3.19. The lowest BCUT2D eigenvalue weighted by molar-refractivity contribution is 0.133. The number of piperazine rings is 1. The Morgan fingerprint density at radius 3 is 3.00 bits per heavy atom. The number of methoxy groups -OCH3 is 1. The lowest BCUT2D eigenvalue weighted by Crippen LogP contribution is -2.45. The zero-order valence-corrected chi connectivity index (χ0v) is 15.2. The van der Waals surface area contributed by atoms with Gasteiger partial charge in [-0.25, -0.2) is 0 Å². The van der Waals surface area contributed by atoms with Crippen LogP contribution in [-0.2, 0) is 6.54 Å². The van der Waals surface area contributed by atoms with Gasteiger partial charge in [0.25, 0.3) is 0 Å². The third-order valence-electron chi connectivity index (χ3n) is 4.44. The fourth-order valence-electron chi connectivity index (χ4n) is 3.19. The van der Waals surface area contributed by atoms with E-state index >= 15 is 0 Å². The maximum absolute atomic E-state index is 5.53. The van der Waals surface area contributed by atoms with Gasteiger partial charge in [0.2, 0.25) is 11.7 Å². The minimum absolute atomic E-state index is 0. The quantitative estimate of drug-likeness (QED) is 0.733. The summed E-state index contributed by atoms with van der Waals surface area (Å²) < 4.78 is 16.0. The zero-order chi connectivity index (χ0) is 17.1. The molecule has 7 nitrogen and oxygen atoms in total. The van der Waals surface area contributed by atoms with E-state index in [9.17, 15) is 0 Å². The molecule has 1 saturated heterocycles. The Balaban J connectivity index is 0.00000196. The van der Waals surface area contributed by atoms with Crippen LogP contribution in [0.4, 0.5) is 0 Å². The Labute approximate surface area is 157 Å². The molecule has 4 rings (SSSR count). The number of nitrogens with zero attached hydrogens (tertiary/aromatic N) is 3. The van der Waals surface area contributed by atoms with Gasteiger partial charge in [0.15, 0.2) is 0 Å². The normalized spacial score (nSPS) is 17.7. The van der Waals surface area contributed by atoms with Gasteiger partial charge in [0.05, 0.1) is 31.5 Å². The molecule has 0 aliphatic carbocycles. The molecule has 1 unspecified atom stereocenters. The molecular weight excluding hydrogens is 356 g/mol. The molecule has 1 N–H and O–H groups in total. The molecule has 0 spiro atoms. The van der Waals surface area contributed by atoms with Crippen molar-refractivity contribution in [2.24, 2.45) is 0 Å². The van der Waals surface area contributed by atoms with Crippen molar-refractivity contribution in [2.45, 2.75) is 12.6 Å². The molecule has 3 heterocycles. The van der Waals surface area contributed by atoms with Gasteiger partial charge >= 0.3 is 0 Å². The molecule has 0 bridgehead atoms. The Morgan fingerprint density at radius 1 is 1.31 bits per heavy atom. The number of nitrogens with one attached hydrogen (secondary N) is 1. The van der Waals surface area contributed by atoms with E-state index in [2.05, 4.69) is 26.4 Å². The van der Waals surface area contributed by atoms with Crippen molar-refractivity contribution in [3.8, 4) is 17.1 Å². The van der Waals surface area contributed by atoms with Crippen molar-refractivity contribution >= 4 is 12.4 Å². The van der Waals surface area contributed by atoms with E-state index in [4.69, 9.17) is 13.7 Å². The molecule has 0 saturated carbocycles. The molecule has 1 aliphatic rings. The molecule has 26 heavy (non-hydrogen) atoms. The van der Waals surface area contributed by atoms with Crippen LogP contribution in [0.3, 0.4) is 0 Å². The van der Waals surface area contributed by atoms with Gasteiger partial charge in [-0.15, -0.1) is 12.4 Å². The molecule has 3 aromatic rings. The number of aromatic nitrogens is 2. The summed E-state index contributed by atoms with van der Waals surface area (Å²) >= 11 is 0. The summed E-state index contributed by atoms with van der Waals surface area (Å²) in [6.07, 6.45) is 3.20.